The number of nitrogens with zero attached hydrogens (tertiary/aromatic N) is 4. The van der Waals surface area contributed by atoms with Gasteiger partial charge in [0, 0.05) is 32.6 Å². The molecule has 0 amide bonds. The van der Waals surface area contributed by atoms with Gasteiger partial charge in [0.1, 0.15) is 0 Å². The molecule has 160 valence electrons. The van der Waals surface area contributed by atoms with Gasteiger partial charge in [-0.1, -0.05) is 23.7 Å². The summed E-state index contributed by atoms with van der Waals surface area (Å²) in [6.07, 6.45) is -3.15. The Morgan fingerprint density at radius 2 is 1.90 bits per heavy atom. The van der Waals surface area contributed by atoms with Crippen molar-refractivity contribution in [2.24, 2.45) is 0 Å². The summed E-state index contributed by atoms with van der Waals surface area (Å²) in [7, 11) is -4.06. The maximum Gasteiger partial charge on any atom is 0.417 e. The zero-order valence-corrected chi connectivity index (χ0v) is 17.2. The molecule has 12 heteroatoms. The molecule has 1 fully saturated rings. The summed E-state index contributed by atoms with van der Waals surface area (Å²) in [4.78, 5) is 5.82. The van der Waals surface area contributed by atoms with Crippen LogP contribution < -0.4 is 0 Å². The van der Waals surface area contributed by atoms with E-state index in [0.717, 1.165) is 18.6 Å². The first-order valence-electron chi connectivity index (χ1n) is 9.02. The van der Waals surface area contributed by atoms with Crippen molar-refractivity contribution < 1.29 is 26.1 Å². The van der Waals surface area contributed by atoms with Crippen molar-refractivity contribution in [2.75, 3.05) is 26.2 Å². The number of hydrogen-bond donors (Lipinski definition) is 0. The predicted molar refractivity (Wildman–Crippen MR) is 98.8 cm³/mol. The van der Waals surface area contributed by atoms with Crippen LogP contribution in [0.4, 0.5) is 13.2 Å². The van der Waals surface area contributed by atoms with Gasteiger partial charge >= 0.3 is 6.18 Å². The fraction of sp³-hybridized carbons (Fsp3) is 0.529. The Morgan fingerprint density at radius 3 is 2.52 bits per heavy atom. The number of piperazine rings is 1. The van der Waals surface area contributed by atoms with Gasteiger partial charge in [-0.05, 0) is 24.6 Å². The molecule has 1 saturated heterocycles. The van der Waals surface area contributed by atoms with Crippen LogP contribution in [0.5, 0.6) is 0 Å². The lowest BCUT2D eigenvalue weighted by Gasteiger charge is -2.33. The van der Waals surface area contributed by atoms with E-state index in [9.17, 15) is 21.6 Å². The lowest BCUT2D eigenvalue weighted by atomic mass is 10.2. The molecule has 3 rings (SSSR count). The summed E-state index contributed by atoms with van der Waals surface area (Å²) < 4.78 is 71.0. The molecule has 0 saturated carbocycles. The Bertz CT molecular complexity index is 957. The minimum Gasteiger partial charge on any atom is -0.339 e. The SMILES string of the molecule is CCCc1nc(CN2CCN(S(=O)(=O)c3ccc(Cl)c(C(F)(F)F)c3)CC2)no1. The number of benzene rings is 1. The van der Waals surface area contributed by atoms with Crippen LogP contribution in [-0.4, -0.2) is 53.9 Å². The van der Waals surface area contributed by atoms with E-state index >= 15 is 0 Å². The topological polar surface area (TPSA) is 79.5 Å². The second kappa shape index (κ2) is 8.58. The van der Waals surface area contributed by atoms with Crippen molar-refractivity contribution in [3.63, 3.8) is 0 Å². The van der Waals surface area contributed by atoms with E-state index in [1.54, 1.807) is 0 Å². The normalized spacial score (nSPS) is 17.0. The molecule has 2 aromatic rings. The quantitative estimate of drug-likeness (QED) is 0.669. The molecule has 29 heavy (non-hydrogen) atoms. The monoisotopic (exact) mass is 452 g/mol. The lowest BCUT2D eigenvalue weighted by Crippen LogP contribution is -2.48. The molecule has 1 aliphatic heterocycles. The molecule has 0 spiro atoms. The number of sulfonamides is 1. The van der Waals surface area contributed by atoms with E-state index in [0.29, 0.717) is 43.8 Å². The minimum atomic E-state index is -4.73. The van der Waals surface area contributed by atoms with Crippen molar-refractivity contribution in [3.05, 3.63) is 40.5 Å². The molecule has 0 unspecified atom stereocenters. The number of alkyl halides is 3. The van der Waals surface area contributed by atoms with Crippen molar-refractivity contribution in [2.45, 2.75) is 37.4 Å². The lowest BCUT2D eigenvalue weighted by molar-refractivity contribution is -0.137. The molecule has 2 heterocycles. The molecule has 0 atom stereocenters. The molecule has 1 aromatic heterocycles. The zero-order chi connectivity index (χ0) is 21.2. The summed E-state index contributed by atoms with van der Waals surface area (Å²) >= 11 is 5.58. The van der Waals surface area contributed by atoms with Crippen molar-refractivity contribution in [3.8, 4) is 0 Å². The van der Waals surface area contributed by atoms with Crippen LogP contribution in [0.25, 0.3) is 0 Å². The molecule has 0 bridgehead atoms. The first kappa shape index (κ1) is 22.0. The average Bonchev–Trinajstić information content (AvgIpc) is 3.09. The maximum atomic E-state index is 13.0. The van der Waals surface area contributed by atoms with E-state index in [1.165, 1.54) is 4.31 Å². The first-order valence-corrected chi connectivity index (χ1v) is 10.8. The summed E-state index contributed by atoms with van der Waals surface area (Å²) in [6, 6.07) is 2.63. The summed E-state index contributed by atoms with van der Waals surface area (Å²) in [6.45, 7) is 3.51. The maximum absolute atomic E-state index is 13.0. The van der Waals surface area contributed by atoms with Gasteiger partial charge in [0.05, 0.1) is 22.0 Å². The van der Waals surface area contributed by atoms with E-state index < -0.39 is 31.7 Å². The summed E-state index contributed by atoms with van der Waals surface area (Å²) in [5.74, 6) is 1.09. The van der Waals surface area contributed by atoms with Crippen LogP contribution in [0.15, 0.2) is 27.6 Å². The van der Waals surface area contributed by atoms with Crippen LogP contribution in [0.3, 0.4) is 0 Å². The molecule has 0 aliphatic carbocycles. The van der Waals surface area contributed by atoms with Crippen LogP contribution in [0.1, 0.15) is 30.6 Å². The molecular formula is C17H20ClF3N4O3S. The Kier molecular flexibility index (Phi) is 6.51. The number of hydrogen-bond acceptors (Lipinski definition) is 6. The standard InChI is InChI=1S/C17H20ClF3N4O3S/c1-2-3-16-22-15(23-28-16)11-24-6-8-25(9-7-24)29(26,27)12-4-5-14(18)13(10-12)17(19,20)21/h4-5,10H,2-3,6-9,11H2,1H3. The molecule has 1 aromatic carbocycles. The Labute approximate surface area is 171 Å². The van der Waals surface area contributed by atoms with Gasteiger partial charge in [0.15, 0.2) is 5.82 Å². The van der Waals surface area contributed by atoms with Gasteiger partial charge in [-0.3, -0.25) is 4.90 Å². The van der Waals surface area contributed by atoms with Gasteiger partial charge in [-0.15, -0.1) is 0 Å². The Balaban J connectivity index is 1.66. The summed E-state index contributed by atoms with van der Waals surface area (Å²) in [5, 5.41) is 3.37. The second-order valence-electron chi connectivity index (χ2n) is 6.67. The third kappa shape index (κ3) is 5.08. The van der Waals surface area contributed by atoms with Crippen LogP contribution >= 0.6 is 11.6 Å². The van der Waals surface area contributed by atoms with Gasteiger partial charge in [0.2, 0.25) is 15.9 Å². The molecule has 7 nitrogen and oxygen atoms in total. The Morgan fingerprint density at radius 1 is 1.21 bits per heavy atom. The van der Waals surface area contributed by atoms with Crippen LogP contribution in [0.2, 0.25) is 5.02 Å². The largest absolute Gasteiger partial charge is 0.417 e. The number of aromatic nitrogens is 2. The van der Waals surface area contributed by atoms with Crippen molar-refractivity contribution in [1.82, 2.24) is 19.3 Å². The molecule has 0 N–H and O–H groups in total. The van der Waals surface area contributed by atoms with Crippen LogP contribution in [-0.2, 0) is 29.2 Å². The van der Waals surface area contributed by atoms with Crippen molar-refractivity contribution in [1.29, 1.82) is 0 Å². The highest BCUT2D eigenvalue weighted by molar-refractivity contribution is 7.89. The minimum absolute atomic E-state index is 0.145. The fourth-order valence-electron chi connectivity index (χ4n) is 3.03. The van der Waals surface area contributed by atoms with Gasteiger partial charge in [-0.2, -0.15) is 22.5 Å². The zero-order valence-electron chi connectivity index (χ0n) is 15.6. The first-order chi connectivity index (χ1) is 13.6. The fourth-order valence-corrected chi connectivity index (χ4v) is 4.70. The van der Waals surface area contributed by atoms with Gasteiger partial charge < -0.3 is 4.52 Å². The van der Waals surface area contributed by atoms with E-state index in [4.69, 9.17) is 16.1 Å². The number of rotatable bonds is 6. The third-order valence-electron chi connectivity index (χ3n) is 4.55. The molecule has 0 radical (unpaired) electrons. The van der Waals surface area contributed by atoms with Crippen LogP contribution in [0, 0.1) is 0 Å². The second-order valence-corrected chi connectivity index (χ2v) is 9.02. The highest BCUT2D eigenvalue weighted by Crippen LogP contribution is 2.36. The van der Waals surface area contributed by atoms with E-state index in [1.807, 2.05) is 11.8 Å². The van der Waals surface area contributed by atoms with E-state index in [2.05, 4.69) is 10.1 Å². The highest BCUT2D eigenvalue weighted by atomic mass is 35.5. The number of halogens is 4. The van der Waals surface area contributed by atoms with E-state index in [-0.39, 0.29) is 13.1 Å². The number of aryl methyl sites for hydroxylation is 1. The average molecular weight is 453 g/mol. The highest BCUT2D eigenvalue weighted by Gasteiger charge is 2.36. The Hall–Kier alpha value is -1.69. The molecular weight excluding hydrogens is 433 g/mol. The summed E-state index contributed by atoms with van der Waals surface area (Å²) in [5.41, 5.74) is -1.17. The predicted octanol–water partition coefficient (Wildman–Crippen LogP) is 3.20. The van der Waals surface area contributed by atoms with Gasteiger partial charge in [-0.25, -0.2) is 8.42 Å². The van der Waals surface area contributed by atoms with Crippen molar-refractivity contribution >= 4 is 21.6 Å². The third-order valence-corrected chi connectivity index (χ3v) is 6.78. The smallest absolute Gasteiger partial charge is 0.339 e. The molecule has 1 aliphatic rings. The van der Waals surface area contributed by atoms with Gasteiger partial charge in [0.25, 0.3) is 0 Å².